The van der Waals surface area contributed by atoms with Crippen LogP contribution in [0, 0.1) is 0 Å². The number of nitrogen functional groups attached to an aromatic ring is 1. The van der Waals surface area contributed by atoms with E-state index >= 15 is 0 Å². The smallest absolute Gasteiger partial charge is 0.255 e. The summed E-state index contributed by atoms with van der Waals surface area (Å²) in [6.07, 6.45) is 2.08. The molecule has 2 aromatic rings. The SMILES string of the molecule is Nc1ccc(Br)c(C(=O)N2CCCC2c2ccsc2)c1. The van der Waals surface area contributed by atoms with Crippen molar-refractivity contribution in [1.29, 1.82) is 0 Å². The summed E-state index contributed by atoms with van der Waals surface area (Å²) < 4.78 is 0.799. The Bertz CT molecular complexity index is 627. The lowest BCUT2D eigenvalue weighted by atomic mass is 10.1. The number of nitrogens with two attached hydrogens (primary N) is 1. The number of anilines is 1. The molecule has 1 atom stereocenters. The summed E-state index contributed by atoms with van der Waals surface area (Å²) in [5.41, 5.74) is 8.30. The molecular weight excluding hydrogens is 336 g/mol. The summed E-state index contributed by atoms with van der Waals surface area (Å²) in [7, 11) is 0. The molecule has 0 spiro atoms. The molecule has 0 bridgehead atoms. The van der Waals surface area contributed by atoms with Gasteiger partial charge < -0.3 is 10.6 Å². The number of hydrogen-bond donors (Lipinski definition) is 1. The molecular formula is C15H15BrN2OS. The number of thiophene rings is 1. The molecule has 1 amide bonds. The van der Waals surface area contributed by atoms with Crippen LogP contribution in [0.5, 0.6) is 0 Å². The van der Waals surface area contributed by atoms with Crippen LogP contribution in [-0.4, -0.2) is 17.4 Å². The van der Waals surface area contributed by atoms with E-state index in [1.165, 1.54) is 5.56 Å². The van der Waals surface area contributed by atoms with E-state index < -0.39 is 0 Å². The Labute approximate surface area is 130 Å². The van der Waals surface area contributed by atoms with Gasteiger partial charge in [0.15, 0.2) is 0 Å². The van der Waals surface area contributed by atoms with E-state index in [2.05, 4.69) is 32.8 Å². The second-order valence-electron chi connectivity index (χ2n) is 4.95. The van der Waals surface area contributed by atoms with Gasteiger partial charge in [0.2, 0.25) is 0 Å². The summed E-state index contributed by atoms with van der Waals surface area (Å²) in [5.74, 6) is 0.0536. The fraction of sp³-hybridized carbons (Fsp3) is 0.267. The Balaban J connectivity index is 1.91. The van der Waals surface area contributed by atoms with E-state index in [-0.39, 0.29) is 11.9 Å². The Morgan fingerprint density at radius 3 is 3.00 bits per heavy atom. The number of carbonyl (C=O) groups excluding carboxylic acids is 1. The van der Waals surface area contributed by atoms with Gasteiger partial charge in [0.05, 0.1) is 11.6 Å². The molecule has 0 aliphatic carbocycles. The first-order valence-corrected chi connectivity index (χ1v) is 8.28. The van der Waals surface area contributed by atoms with Crippen molar-refractivity contribution in [3.63, 3.8) is 0 Å². The van der Waals surface area contributed by atoms with Gasteiger partial charge in [-0.2, -0.15) is 11.3 Å². The second-order valence-corrected chi connectivity index (χ2v) is 6.59. The first kappa shape index (κ1) is 13.6. The molecule has 1 aliphatic heterocycles. The molecule has 1 fully saturated rings. The zero-order valence-electron chi connectivity index (χ0n) is 10.9. The van der Waals surface area contributed by atoms with Gasteiger partial charge >= 0.3 is 0 Å². The van der Waals surface area contributed by atoms with Crippen molar-refractivity contribution in [2.45, 2.75) is 18.9 Å². The van der Waals surface area contributed by atoms with E-state index in [0.29, 0.717) is 11.3 Å². The molecule has 3 nitrogen and oxygen atoms in total. The number of benzene rings is 1. The molecule has 1 unspecified atom stereocenters. The molecule has 3 rings (SSSR count). The minimum Gasteiger partial charge on any atom is -0.399 e. The van der Waals surface area contributed by atoms with Crippen LogP contribution in [0.1, 0.15) is 34.8 Å². The Kier molecular flexibility index (Phi) is 3.81. The quantitative estimate of drug-likeness (QED) is 0.829. The maximum atomic E-state index is 12.8. The lowest BCUT2D eigenvalue weighted by molar-refractivity contribution is 0.0735. The van der Waals surface area contributed by atoms with Crippen LogP contribution in [0.25, 0.3) is 0 Å². The van der Waals surface area contributed by atoms with Crippen LogP contribution in [0.2, 0.25) is 0 Å². The molecule has 1 aromatic heterocycles. The van der Waals surface area contributed by atoms with E-state index in [4.69, 9.17) is 5.73 Å². The number of likely N-dealkylation sites (tertiary alicyclic amines) is 1. The summed E-state index contributed by atoms with van der Waals surface area (Å²) in [5, 5.41) is 4.19. The van der Waals surface area contributed by atoms with Gasteiger partial charge in [0.25, 0.3) is 5.91 Å². The van der Waals surface area contributed by atoms with E-state index in [0.717, 1.165) is 23.9 Å². The zero-order valence-corrected chi connectivity index (χ0v) is 13.3. The van der Waals surface area contributed by atoms with Crippen molar-refractivity contribution in [3.8, 4) is 0 Å². The Hall–Kier alpha value is -1.33. The van der Waals surface area contributed by atoms with Crippen molar-refractivity contribution < 1.29 is 4.79 Å². The summed E-state index contributed by atoms with van der Waals surface area (Å²) >= 11 is 5.12. The highest BCUT2D eigenvalue weighted by molar-refractivity contribution is 9.10. The lowest BCUT2D eigenvalue weighted by Crippen LogP contribution is -2.30. The highest BCUT2D eigenvalue weighted by Crippen LogP contribution is 2.35. The summed E-state index contributed by atoms with van der Waals surface area (Å²) in [4.78, 5) is 14.7. The van der Waals surface area contributed by atoms with Gasteiger partial charge in [-0.15, -0.1) is 0 Å². The van der Waals surface area contributed by atoms with E-state index in [1.54, 1.807) is 23.5 Å². The monoisotopic (exact) mass is 350 g/mol. The normalized spacial score (nSPS) is 18.4. The predicted molar refractivity (Wildman–Crippen MR) is 85.9 cm³/mol. The maximum Gasteiger partial charge on any atom is 0.255 e. The number of nitrogens with zero attached hydrogens (tertiary/aromatic N) is 1. The fourth-order valence-corrected chi connectivity index (χ4v) is 3.81. The van der Waals surface area contributed by atoms with Gasteiger partial charge in [-0.1, -0.05) is 0 Å². The summed E-state index contributed by atoms with van der Waals surface area (Å²) in [6.45, 7) is 0.806. The van der Waals surface area contributed by atoms with Crippen LogP contribution < -0.4 is 5.73 Å². The van der Waals surface area contributed by atoms with Crippen molar-refractivity contribution in [2.75, 3.05) is 12.3 Å². The van der Waals surface area contributed by atoms with Crippen LogP contribution in [0.4, 0.5) is 5.69 Å². The van der Waals surface area contributed by atoms with Crippen LogP contribution in [0.3, 0.4) is 0 Å². The largest absolute Gasteiger partial charge is 0.399 e. The predicted octanol–water partition coefficient (Wildman–Crippen LogP) is 4.07. The number of halogens is 1. The van der Waals surface area contributed by atoms with Gasteiger partial charge in [-0.25, -0.2) is 0 Å². The lowest BCUT2D eigenvalue weighted by Gasteiger charge is -2.25. The number of amides is 1. The van der Waals surface area contributed by atoms with Gasteiger partial charge in [0, 0.05) is 16.7 Å². The van der Waals surface area contributed by atoms with Crippen LogP contribution in [0.15, 0.2) is 39.5 Å². The first-order chi connectivity index (χ1) is 9.66. The molecule has 2 N–H and O–H groups in total. The molecule has 5 heteroatoms. The molecule has 20 heavy (non-hydrogen) atoms. The highest BCUT2D eigenvalue weighted by atomic mass is 79.9. The number of hydrogen-bond acceptors (Lipinski definition) is 3. The minimum absolute atomic E-state index is 0.0536. The number of carbonyl (C=O) groups is 1. The Morgan fingerprint density at radius 1 is 1.40 bits per heavy atom. The third-order valence-electron chi connectivity index (χ3n) is 3.66. The third-order valence-corrected chi connectivity index (χ3v) is 5.06. The fourth-order valence-electron chi connectivity index (χ4n) is 2.68. The van der Waals surface area contributed by atoms with E-state index in [1.807, 2.05) is 11.0 Å². The molecule has 0 saturated carbocycles. The van der Waals surface area contributed by atoms with Crippen molar-refractivity contribution in [2.24, 2.45) is 0 Å². The first-order valence-electron chi connectivity index (χ1n) is 6.55. The number of rotatable bonds is 2. The van der Waals surface area contributed by atoms with Crippen LogP contribution >= 0.6 is 27.3 Å². The second kappa shape index (κ2) is 5.58. The molecule has 1 aromatic carbocycles. The average molecular weight is 351 g/mol. The molecule has 2 heterocycles. The molecule has 104 valence electrons. The highest BCUT2D eigenvalue weighted by Gasteiger charge is 2.31. The third kappa shape index (κ3) is 2.47. The van der Waals surface area contributed by atoms with Gasteiger partial charge in [-0.3, -0.25) is 4.79 Å². The van der Waals surface area contributed by atoms with Crippen molar-refractivity contribution in [1.82, 2.24) is 4.90 Å². The molecule has 1 aliphatic rings. The van der Waals surface area contributed by atoms with Crippen molar-refractivity contribution >= 4 is 38.9 Å². The maximum absolute atomic E-state index is 12.8. The zero-order chi connectivity index (χ0) is 14.1. The minimum atomic E-state index is 0.0536. The van der Waals surface area contributed by atoms with Gasteiger partial charge in [-0.05, 0) is 69.4 Å². The topological polar surface area (TPSA) is 46.3 Å². The standard InChI is InChI=1S/C15H15BrN2OS/c16-13-4-3-11(17)8-12(13)15(19)18-6-1-2-14(18)10-5-7-20-9-10/h3-5,7-9,14H,1-2,6,17H2. The molecule has 1 saturated heterocycles. The van der Waals surface area contributed by atoms with Gasteiger partial charge in [0.1, 0.15) is 0 Å². The Morgan fingerprint density at radius 2 is 2.25 bits per heavy atom. The average Bonchev–Trinajstić information content (AvgIpc) is 3.10. The summed E-state index contributed by atoms with van der Waals surface area (Å²) in [6, 6.07) is 7.67. The molecule has 0 radical (unpaired) electrons. The van der Waals surface area contributed by atoms with E-state index in [9.17, 15) is 4.79 Å². The van der Waals surface area contributed by atoms with Crippen molar-refractivity contribution in [3.05, 3.63) is 50.6 Å². The van der Waals surface area contributed by atoms with Crippen LogP contribution in [-0.2, 0) is 0 Å².